The number of hydrogen-bond donors (Lipinski definition) is 0. The van der Waals surface area contributed by atoms with Gasteiger partial charge in [0.15, 0.2) is 0 Å². The Hall–Kier alpha value is -3.54. The van der Waals surface area contributed by atoms with Crippen LogP contribution in [0.2, 0.25) is 0 Å². The van der Waals surface area contributed by atoms with E-state index in [1.54, 1.807) is 13.4 Å². The fourth-order valence-corrected chi connectivity index (χ4v) is 4.66. The molecule has 2 aromatic carbocycles. The number of carbonyl (C=O) groups is 1. The van der Waals surface area contributed by atoms with Crippen LogP contribution in [0.25, 0.3) is 11.8 Å². The maximum atomic E-state index is 13.5. The van der Waals surface area contributed by atoms with Crippen molar-refractivity contribution in [2.45, 2.75) is 32.2 Å². The van der Waals surface area contributed by atoms with Crippen molar-refractivity contribution in [2.75, 3.05) is 20.3 Å². The van der Waals surface area contributed by atoms with Gasteiger partial charge in [-0.25, -0.2) is 4.98 Å². The van der Waals surface area contributed by atoms with Gasteiger partial charge in [-0.1, -0.05) is 24.3 Å². The van der Waals surface area contributed by atoms with E-state index >= 15 is 0 Å². The van der Waals surface area contributed by atoms with Gasteiger partial charge in [-0.05, 0) is 49.6 Å². The Morgan fingerprint density at radius 2 is 2.09 bits per heavy atom. The van der Waals surface area contributed by atoms with E-state index in [9.17, 15) is 4.79 Å². The highest BCUT2D eigenvalue weighted by molar-refractivity contribution is 5.99. The lowest BCUT2D eigenvalue weighted by Gasteiger charge is -2.38. The Kier molecular flexibility index (Phi) is 5.43. The van der Waals surface area contributed by atoms with Gasteiger partial charge in [0.05, 0.1) is 37.5 Å². The van der Waals surface area contributed by atoms with Gasteiger partial charge < -0.3 is 18.9 Å². The van der Waals surface area contributed by atoms with Crippen molar-refractivity contribution >= 4 is 12.0 Å². The molecular formula is C26H27N3O3. The lowest BCUT2D eigenvalue weighted by atomic mass is 9.94. The van der Waals surface area contributed by atoms with Crippen LogP contribution in [0.1, 0.15) is 42.1 Å². The van der Waals surface area contributed by atoms with Crippen molar-refractivity contribution in [3.63, 3.8) is 0 Å². The first kappa shape index (κ1) is 20.4. The highest BCUT2D eigenvalue weighted by atomic mass is 16.5. The van der Waals surface area contributed by atoms with Crippen LogP contribution in [-0.4, -0.2) is 40.6 Å². The number of aromatic nitrogens is 2. The maximum Gasteiger partial charge on any atom is 0.250 e. The van der Waals surface area contributed by atoms with Crippen molar-refractivity contribution in [3.05, 3.63) is 77.4 Å². The SMILES string of the molecule is COc1cc(/C=C2\CCCN(C3CCOc4ccccc43)C2=O)ccc1-n1cnc(C)c1. The molecule has 6 nitrogen and oxygen atoms in total. The van der Waals surface area contributed by atoms with Gasteiger partial charge in [0.25, 0.3) is 0 Å². The number of aryl methyl sites for hydroxylation is 1. The molecule has 0 spiro atoms. The van der Waals surface area contributed by atoms with E-state index in [-0.39, 0.29) is 11.9 Å². The topological polar surface area (TPSA) is 56.6 Å². The number of rotatable bonds is 4. The van der Waals surface area contributed by atoms with E-state index in [2.05, 4.69) is 11.1 Å². The number of ether oxygens (including phenoxy) is 2. The molecule has 2 aliphatic heterocycles. The highest BCUT2D eigenvalue weighted by Gasteiger charge is 2.33. The van der Waals surface area contributed by atoms with E-state index in [1.165, 1.54) is 0 Å². The number of hydrogen-bond acceptors (Lipinski definition) is 4. The molecule has 0 radical (unpaired) electrons. The fraction of sp³-hybridized carbons (Fsp3) is 0.308. The number of likely N-dealkylation sites (tertiary alicyclic amines) is 1. The van der Waals surface area contributed by atoms with E-state index in [0.717, 1.165) is 65.4 Å². The summed E-state index contributed by atoms with van der Waals surface area (Å²) in [4.78, 5) is 19.8. The first-order valence-corrected chi connectivity index (χ1v) is 11.1. The van der Waals surface area contributed by atoms with Crippen LogP contribution in [0.4, 0.5) is 0 Å². The van der Waals surface area contributed by atoms with Crippen LogP contribution in [0.5, 0.6) is 11.5 Å². The molecule has 5 rings (SSSR count). The number of fused-ring (bicyclic) bond motifs is 1. The Morgan fingerprint density at radius 1 is 1.22 bits per heavy atom. The minimum absolute atomic E-state index is 0.0672. The van der Waals surface area contributed by atoms with Gasteiger partial charge in [-0.3, -0.25) is 4.79 Å². The lowest BCUT2D eigenvalue weighted by Crippen LogP contribution is -2.41. The van der Waals surface area contributed by atoms with E-state index < -0.39 is 0 Å². The normalized spacial score (nSPS) is 19.6. The molecule has 1 amide bonds. The molecule has 0 bridgehead atoms. The molecule has 1 unspecified atom stereocenters. The van der Waals surface area contributed by atoms with Crippen molar-refractivity contribution in [1.82, 2.24) is 14.5 Å². The summed E-state index contributed by atoms with van der Waals surface area (Å²) in [6, 6.07) is 14.1. The third-order valence-corrected chi connectivity index (χ3v) is 6.22. The zero-order valence-electron chi connectivity index (χ0n) is 18.5. The number of benzene rings is 2. The maximum absolute atomic E-state index is 13.5. The van der Waals surface area contributed by atoms with Gasteiger partial charge in [0.2, 0.25) is 5.91 Å². The lowest BCUT2D eigenvalue weighted by molar-refractivity contribution is -0.131. The molecule has 3 heterocycles. The Bertz CT molecular complexity index is 1180. The third-order valence-electron chi connectivity index (χ3n) is 6.22. The molecule has 32 heavy (non-hydrogen) atoms. The predicted octanol–water partition coefficient (Wildman–Crippen LogP) is 4.72. The summed E-state index contributed by atoms with van der Waals surface area (Å²) in [6.45, 7) is 3.37. The molecule has 6 heteroatoms. The molecule has 1 atom stereocenters. The smallest absolute Gasteiger partial charge is 0.250 e. The Balaban J connectivity index is 1.43. The number of para-hydroxylation sites is 1. The second-order valence-corrected chi connectivity index (χ2v) is 8.32. The monoisotopic (exact) mass is 429 g/mol. The molecule has 0 aliphatic carbocycles. The molecular weight excluding hydrogens is 402 g/mol. The molecule has 0 N–H and O–H groups in total. The molecule has 164 valence electrons. The minimum Gasteiger partial charge on any atom is -0.495 e. The first-order valence-electron chi connectivity index (χ1n) is 11.1. The number of methoxy groups -OCH3 is 1. The Labute approximate surface area is 188 Å². The fourth-order valence-electron chi connectivity index (χ4n) is 4.66. The number of imidazole rings is 1. The van der Waals surface area contributed by atoms with Crippen molar-refractivity contribution in [3.8, 4) is 17.2 Å². The summed E-state index contributed by atoms with van der Waals surface area (Å²) in [5.74, 6) is 1.75. The largest absolute Gasteiger partial charge is 0.495 e. The van der Waals surface area contributed by atoms with Crippen LogP contribution >= 0.6 is 0 Å². The van der Waals surface area contributed by atoms with Crippen molar-refractivity contribution < 1.29 is 14.3 Å². The number of nitrogens with zero attached hydrogens (tertiary/aromatic N) is 3. The number of piperidine rings is 1. The summed E-state index contributed by atoms with van der Waals surface area (Å²) in [6.07, 6.45) is 8.31. The van der Waals surface area contributed by atoms with Gasteiger partial charge in [-0.2, -0.15) is 0 Å². The summed E-state index contributed by atoms with van der Waals surface area (Å²) in [7, 11) is 1.66. The third kappa shape index (κ3) is 3.77. The predicted molar refractivity (Wildman–Crippen MR) is 123 cm³/mol. The van der Waals surface area contributed by atoms with Crippen LogP contribution in [0, 0.1) is 6.92 Å². The first-order chi connectivity index (χ1) is 15.6. The van der Waals surface area contributed by atoms with E-state index in [1.807, 2.05) is 65.1 Å². The van der Waals surface area contributed by atoms with Crippen molar-refractivity contribution in [1.29, 1.82) is 0 Å². The Morgan fingerprint density at radius 3 is 2.91 bits per heavy atom. The summed E-state index contributed by atoms with van der Waals surface area (Å²) in [5.41, 5.74) is 4.77. The highest BCUT2D eigenvalue weighted by Crippen LogP contribution is 2.38. The van der Waals surface area contributed by atoms with E-state index in [0.29, 0.717) is 6.61 Å². The summed E-state index contributed by atoms with van der Waals surface area (Å²) < 4.78 is 13.4. The van der Waals surface area contributed by atoms with Gasteiger partial charge in [0, 0.05) is 30.3 Å². The molecule has 1 fully saturated rings. The molecule has 3 aromatic rings. The molecule has 2 aliphatic rings. The van der Waals surface area contributed by atoms with Crippen LogP contribution < -0.4 is 9.47 Å². The van der Waals surface area contributed by atoms with E-state index in [4.69, 9.17) is 9.47 Å². The summed E-state index contributed by atoms with van der Waals surface area (Å²) in [5, 5.41) is 0. The standard InChI is InChI=1S/C26H27N3O3/c1-18-16-28(17-27-18)23-10-9-19(15-25(23)31-2)14-20-6-5-12-29(26(20)30)22-11-13-32-24-8-4-3-7-21(22)24/h3-4,7-10,14-17,22H,5-6,11-13H2,1-2H3/b20-14+. The average Bonchev–Trinajstić information content (AvgIpc) is 3.26. The number of carbonyl (C=O) groups excluding carboxylic acids is 1. The van der Waals surface area contributed by atoms with Crippen LogP contribution in [-0.2, 0) is 4.79 Å². The van der Waals surface area contributed by atoms with Gasteiger partial charge in [-0.15, -0.1) is 0 Å². The van der Waals surface area contributed by atoms with Gasteiger partial charge >= 0.3 is 0 Å². The molecule has 1 aromatic heterocycles. The summed E-state index contributed by atoms with van der Waals surface area (Å²) >= 11 is 0. The zero-order chi connectivity index (χ0) is 22.1. The van der Waals surface area contributed by atoms with Crippen LogP contribution in [0.3, 0.4) is 0 Å². The molecule has 1 saturated heterocycles. The minimum atomic E-state index is 0.0672. The molecule has 0 saturated carbocycles. The number of amides is 1. The quantitative estimate of drug-likeness (QED) is 0.563. The second kappa shape index (κ2) is 8.54. The van der Waals surface area contributed by atoms with Crippen molar-refractivity contribution in [2.24, 2.45) is 0 Å². The van der Waals surface area contributed by atoms with Crippen LogP contribution in [0.15, 0.2) is 60.6 Å². The average molecular weight is 430 g/mol. The van der Waals surface area contributed by atoms with Gasteiger partial charge in [0.1, 0.15) is 11.5 Å². The second-order valence-electron chi connectivity index (χ2n) is 8.32. The zero-order valence-corrected chi connectivity index (χ0v) is 18.5.